The van der Waals surface area contributed by atoms with Crippen molar-refractivity contribution in [2.45, 2.75) is 19.5 Å². The van der Waals surface area contributed by atoms with Crippen molar-refractivity contribution in [1.82, 2.24) is 9.80 Å². The van der Waals surface area contributed by atoms with Gasteiger partial charge in [0.15, 0.2) is 0 Å². The Hall–Kier alpha value is -1.15. The maximum atomic E-state index is 11.5. The first kappa shape index (κ1) is 17.7. The molecule has 0 spiro atoms. The van der Waals surface area contributed by atoms with Crippen molar-refractivity contribution in [3.63, 3.8) is 0 Å². The van der Waals surface area contributed by atoms with Gasteiger partial charge in [-0.3, -0.25) is 9.80 Å². The summed E-state index contributed by atoms with van der Waals surface area (Å²) in [6.07, 6.45) is 1.13. The summed E-state index contributed by atoms with van der Waals surface area (Å²) in [5, 5.41) is 2.12. The Morgan fingerprint density at radius 2 is 1.96 bits per heavy atom. The van der Waals surface area contributed by atoms with Crippen LogP contribution in [0, 0.1) is 0 Å². The molecule has 2 aromatic rings. The van der Waals surface area contributed by atoms with E-state index in [1.165, 1.54) is 16.5 Å². The van der Waals surface area contributed by atoms with Gasteiger partial charge in [0, 0.05) is 29.0 Å². The van der Waals surface area contributed by atoms with Crippen LogP contribution in [0.4, 0.5) is 0 Å². The molecule has 1 aliphatic rings. The van der Waals surface area contributed by atoms with E-state index in [0.29, 0.717) is 0 Å². The van der Waals surface area contributed by atoms with Crippen molar-refractivity contribution in [3.05, 3.63) is 44.4 Å². The molecule has 0 saturated carbocycles. The molecule has 1 fully saturated rings. The predicted octanol–water partition coefficient (Wildman–Crippen LogP) is 3.60. The molecule has 0 radical (unpaired) electrons. The number of rotatable bonds is 5. The highest BCUT2D eigenvalue weighted by Gasteiger charge is 2.18. The molecule has 0 aliphatic carbocycles. The summed E-state index contributed by atoms with van der Waals surface area (Å²) in [7, 11) is 1.36. The zero-order valence-electron chi connectivity index (χ0n) is 13.7. The van der Waals surface area contributed by atoms with Gasteiger partial charge < -0.3 is 9.15 Å². The molecule has 24 heavy (non-hydrogen) atoms. The second-order valence-electron chi connectivity index (χ2n) is 5.86. The van der Waals surface area contributed by atoms with E-state index in [1.807, 2.05) is 6.07 Å². The topological polar surface area (TPSA) is 45.9 Å². The van der Waals surface area contributed by atoms with Gasteiger partial charge in [-0.2, -0.15) is 0 Å². The van der Waals surface area contributed by atoms with E-state index >= 15 is 0 Å². The molecule has 3 heterocycles. The first-order valence-electron chi connectivity index (χ1n) is 7.99. The Labute approximate surface area is 154 Å². The number of halogens is 1. The Morgan fingerprint density at radius 3 is 2.62 bits per heavy atom. The van der Waals surface area contributed by atoms with Crippen LogP contribution in [0.15, 0.2) is 32.5 Å². The number of carbonyl (C=O) groups excluding carboxylic acids is 1. The molecule has 0 aromatic carbocycles. The van der Waals surface area contributed by atoms with E-state index in [2.05, 4.69) is 41.9 Å². The molecule has 0 unspecified atom stereocenters. The number of hydrogen-bond donors (Lipinski definition) is 0. The monoisotopic (exact) mass is 412 g/mol. The molecule has 0 amide bonds. The average Bonchev–Trinajstić information content (AvgIpc) is 3.14. The number of hydrogen-bond acceptors (Lipinski definition) is 6. The summed E-state index contributed by atoms with van der Waals surface area (Å²) in [6, 6.07) is 5.65. The third-order valence-electron chi connectivity index (χ3n) is 4.17. The van der Waals surface area contributed by atoms with Crippen molar-refractivity contribution in [3.8, 4) is 0 Å². The van der Waals surface area contributed by atoms with Gasteiger partial charge in [0.25, 0.3) is 0 Å². The third-order valence-corrected chi connectivity index (χ3v) is 6.08. The third kappa shape index (κ3) is 4.47. The van der Waals surface area contributed by atoms with Crippen LogP contribution >= 0.6 is 27.3 Å². The Kier molecular flexibility index (Phi) is 6.10. The van der Waals surface area contributed by atoms with Crippen LogP contribution in [0.2, 0.25) is 0 Å². The smallest absolute Gasteiger partial charge is 0.373 e. The molecule has 2 aromatic heterocycles. The second kappa shape index (κ2) is 8.29. The SMILES string of the molecule is COC(=O)c1ccc(CN2CCCN(Cc3sccc3Br)CC2)o1. The summed E-state index contributed by atoms with van der Waals surface area (Å²) >= 11 is 5.41. The number of furan rings is 1. The minimum atomic E-state index is -0.426. The summed E-state index contributed by atoms with van der Waals surface area (Å²) < 4.78 is 11.5. The Bertz CT molecular complexity index is 685. The molecule has 0 atom stereocenters. The molecular weight excluding hydrogens is 392 g/mol. The fourth-order valence-electron chi connectivity index (χ4n) is 2.88. The molecule has 1 saturated heterocycles. The molecule has 1 aliphatic heterocycles. The number of methoxy groups -OCH3 is 1. The minimum Gasteiger partial charge on any atom is -0.463 e. The minimum absolute atomic E-state index is 0.270. The number of ether oxygens (including phenoxy) is 1. The van der Waals surface area contributed by atoms with E-state index in [9.17, 15) is 4.79 Å². The molecule has 5 nitrogen and oxygen atoms in total. The summed E-state index contributed by atoms with van der Waals surface area (Å²) in [6.45, 7) is 5.90. The van der Waals surface area contributed by atoms with Crippen LogP contribution in [0.3, 0.4) is 0 Å². The largest absolute Gasteiger partial charge is 0.463 e. The maximum absolute atomic E-state index is 11.5. The zero-order valence-corrected chi connectivity index (χ0v) is 16.1. The lowest BCUT2D eigenvalue weighted by atomic mass is 10.3. The fourth-order valence-corrected chi connectivity index (χ4v) is 4.39. The first-order valence-corrected chi connectivity index (χ1v) is 9.66. The van der Waals surface area contributed by atoms with E-state index in [4.69, 9.17) is 4.42 Å². The van der Waals surface area contributed by atoms with Crippen molar-refractivity contribution >= 4 is 33.2 Å². The molecule has 3 rings (SSSR count). The maximum Gasteiger partial charge on any atom is 0.373 e. The van der Waals surface area contributed by atoms with Crippen LogP contribution in [-0.2, 0) is 17.8 Å². The van der Waals surface area contributed by atoms with Gasteiger partial charge in [-0.1, -0.05) is 0 Å². The van der Waals surface area contributed by atoms with Gasteiger partial charge in [-0.05, 0) is 59.0 Å². The van der Waals surface area contributed by atoms with Crippen LogP contribution in [0.1, 0.15) is 27.6 Å². The lowest BCUT2D eigenvalue weighted by Gasteiger charge is -2.20. The van der Waals surface area contributed by atoms with Crippen LogP contribution in [0.5, 0.6) is 0 Å². The Balaban J connectivity index is 1.53. The van der Waals surface area contributed by atoms with Crippen LogP contribution in [-0.4, -0.2) is 49.1 Å². The standard InChI is InChI=1S/C17H21BrN2O3S/c1-22-17(21)15-4-3-13(23-15)11-19-6-2-7-20(9-8-19)12-16-14(18)5-10-24-16/h3-5,10H,2,6-9,11-12H2,1H3. The number of carbonyl (C=O) groups is 1. The highest BCUT2D eigenvalue weighted by molar-refractivity contribution is 9.10. The van der Waals surface area contributed by atoms with E-state index < -0.39 is 5.97 Å². The first-order chi connectivity index (χ1) is 11.7. The van der Waals surface area contributed by atoms with Crippen molar-refractivity contribution in [1.29, 1.82) is 0 Å². The fraction of sp³-hybridized carbons (Fsp3) is 0.471. The number of nitrogens with zero attached hydrogens (tertiary/aromatic N) is 2. The molecule has 130 valence electrons. The quantitative estimate of drug-likeness (QED) is 0.701. The van der Waals surface area contributed by atoms with Crippen LogP contribution in [0.25, 0.3) is 0 Å². The van der Waals surface area contributed by atoms with E-state index in [1.54, 1.807) is 17.4 Å². The van der Waals surface area contributed by atoms with Gasteiger partial charge >= 0.3 is 5.97 Å². The number of esters is 1. The average molecular weight is 413 g/mol. The van der Waals surface area contributed by atoms with Crippen molar-refractivity contribution in [2.24, 2.45) is 0 Å². The predicted molar refractivity (Wildman–Crippen MR) is 97.2 cm³/mol. The lowest BCUT2D eigenvalue weighted by molar-refractivity contribution is 0.0561. The van der Waals surface area contributed by atoms with Crippen LogP contribution < -0.4 is 0 Å². The van der Waals surface area contributed by atoms with E-state index in [-0.39, 0.29) is 5.76 Å². The van der Waals surface area contributed by atoms with Crippen molar-refractivity contribution in [2.75, 3.05) is 33.3 Å². The summed E-state index contributed by atoms with van der Waals surface area (Å²) in [5.41, 5.74) is 0. The van der Waals surface area contributed by atoms with Crippen molar-refractivity contribution < 1.29 is 13.9 Å². The highest BCUT2D eigenvalue weighted by Crippen LogP contribution is 2.24. The van der Waals surface area contributed by atoms with Gasteiger partial charge in [-0.25, -0.2) is 4.79 Å². The summed E-state index contributed by atoms with van der Waals surface area (Å²) in [5.74, 6) is 0.654. The Morgan fingerprint density at radius 1 is 1.21 bits per heavy atom. The van der Waals surface area contributed by atoms with Gasteiger partial charge in [0.05, 0.1) is 13.7 Å². The van der Waals surface area contributed by atoms with E-state index in [0.717, 1.165) is 51.4 Å². The number of thiophene rings is 1. The van der Waals surface area contributed by atoms with Gasteiger partial charge in [-0.15, -0.1) is 11.3 Å². The lowest BCUT2D eigenvalue weighted by Crippen LogP contribution is -2.30. The highest BCUT2D eigenvalue weighted by atomic mass is 79.9. The molecule has 0 bridgehead atoms. The molecule has 0 N–H and O–H groups in total. The van der Waals surface area contributed by atoms with Gasteiger partial charge in [0.2, 0.25) is 5.76 Å². The summed E-state index contributed by atoms with van der Waals surface area (Å²) in [4.78, 5) is 17.7. The van der Waals surface area contributed by atoms with Gasteiger partial charge in [0.1, 0.15) is 5.76 Å². The molecule has 7 heteroatoms. The second-order valence-corrected chi connectivity index (χ2v) is 7.71. The molecular formula is C17H21BrN2O3S. The normalized spacial score (nSPS) is 16.9. The zero-order chi connectivity index (χ0) is 16.9.